The van der Waals surface area contributed by atoms with E-state index in [2.05, 4.69) is 171 Å². The lowest BCUT2D eigenvalue weighted by molar-refractivity contribution is 0.589. The summed E-state index contributed by atoms with van der Waals surface area (Å²) in [6.07, 6.45) is 3.47. The molecule has 3 heterocycles. The number of rotatable bonds is 10. The average Bonchev–Trinajstić information content (AvgIpc) is 3.45. The number of nitrogens with one attached hydrogen (secondary N) is 2. The van der Waals surface area contributed by atoms with E-state index in [0.29, 0.717) is 11.4 Å². The van der Waals surface area contributed by atoms with Gasteiger partial charge in [-0.1, -0.05) is 187 Å². The van der Waals surface area contributed by atoms with Crippen molar-refractivity contribution in [3.8, 4) is 44.5 Å². The number of fused-ring (bicyclic) bond motifs is 5. The lowest BCUT2D eigenvalue weighted by atomic mass is 9.86. The van der Waals surface area contributed by atoms with Gasteiger partial charge in [0.15, 0.2) is 5.82 Å². The van der Waals surface area contributed by atoms with Gasteiger partial charge >= 0.3 is 0 Å². The predicted molar refractivity (Wildman–Crippen MR) is 304 cm³/mol. The fraction of sp³-hybridized carbons (Fsp3) is 0.121. The molecular formula is C66H58N6. The second-order valence-corrected chi connectivity index (χ2v) is 19.8. The summed E-state index contributed by atoms with van der Waals surface area (Å²) in [7, 11) is 0. The Hall–Kier alpha value is -8.74. The van der Waals surface area contributed by atoms with Crippen molar-refractivity contribution in [3.05, 3.63) is 242 Å². The summed E-state index contributed by atoms with van der Waals surface area (Å²) < 4.78 is 87.3. The van der Waals surface area contributed by atoms with Crippen LogP contribution in [0, 0.1) is 0 Å². The molecule has 0 aliphatic carbocycles. The highest BCUT2D eigenvalue weighted by molar-refractivity contribution is 6.03. The third kappa shape index (κ3) is 8.99. The molecule has 0 fully saturated rings. The molecule has 2 aromatic heterocycles. The normalized spacial score (nSPS) is 13.9. The van der Waals surface area contributed by atoms with Gasteiger partial charge in [-0.05, 0) is 117 Å². The van der Waals surface area contributed by atoms with Crippen LogP contribution in [0.15, 0.2) is 231 Å². The van der Waals surface area contributed by atoms with Crippen LogP contribution in [0.25, 0.3) is 44.5 Å². The van der Waals surface area contributed by atoms with E-state index in [1.807, 2.05) is 30.5 Å². The largest absolute Gasteiger partial charge is 0.352 e. The molecule has 1 aliphatic heterocycles. The molecule has 0 bridgehead atoms. The molecule has 0 spiro atoms. The fourth-order valence-corrected chi connectivity index (χ4v) is 9.33. The summed E-state index contributed by atoms with van der Waals surface area (Å²) in [5.74, 6) is 1.02. The highest BCUT2D eigenvalue weighted by Gasteiger charge is 2.30. The summed E-state index contributed by atoms with van der Waals surface area (Å²) in [5.41, 5.74) is 11.7. The van der Waals surface area contributed by atoms with E-state index in [0.717, 1.165) is 67.6 Å². The monoisotopic (exact) mass is 945 g/mol. The smallest absolute Gasteiger partial charge is 0.154 e. The summed E-state index contributed by atoms with van der Waals surface area (Å²) in [5, 5.41) is 7.05. The average molecular weight is 945 g/mol. The minimum atomic E-state index is -0.575. The quantitative estimate of drug-likeness (QED) is 0.142. The van der Waals surface area contributed by atoms with Crippen molar-refractivity contribution in [2.24, 2.45) is 0 Å². The molecule has 1 aliphatic rings. The van der Waals surface area contributed by atoms with Crippen LogP contribution in [0.4, 0.5) is 57.1 Å². The van der Waals surface area contributed by atoms with Crippen LogP contribution in [0.5, 0.6) is 0 Å². The van der Waals surface area contributed by atoms with Crippen molar-refractivity contribution >= 4 is 57.1 Å². The first-order chi connectivity index (χ1) is 39.1. The van der Waals surface area contributed by atoms with Crippen molar-refractivity contribution in [3.63, 3.8) is 0 Å². The van der Waals surface area contributed by atoms with Gasteiger partial charge in [0, 0.05) is 57.4 Å². The first-order valence-corrected chi connectivity index (χ1v) is 24.0. The minimum absolute atomic E-state index is 0.100. The van der Waals surface area contributed by atoms with Crippen LogP contribution in [0.2, 0.25) is 0 Å². The van der Waals surface area contributed by atoms with Crippen LogP contribution in [-0.2, 0) is 10.8 Å². The molecule has 352 valence electrons. The third-order valence-corrected chi connectivity index (χ3v) is 13.0. The second kappa shape index (κ2) is 18.9. The van der Waals surface area contributed by atoms with E-state index in [1.165, 1.54) is 0 Å². The molecule has 0 saturated heterocycles. The summed E-state index contributed by atoms with van der Waals surface area (Å²) in [4.78, 5) is 14.4. The Morgan fingerprint density at radius 2 is 1.06 bits per heavy atom. The Morgan fingerprint density at radius 1 is 0.444 bits per heavy atom. The van der Waals surface area contributed by atoms with E-state index in [-0.39, 0.29) is 44.6 Å². The number of anilines is 10. The van der Waals surface area contributed by atoms with Crippen LogP contribution < -0.4 is 20.4 Å². The fourth-order valence-electron chi connectivity index (χ4n) is 9.33. The van der Waals surface area contributed by atoms with Crippen molar-refractivity contribution in [1.29, 1.82) is 0 Å². The van der Waals surface area contributed by atoms with Crippen molar-refractivity contribution < 1.29 is 13.7 Å². The maximum absolute atomic E-state index is 9.04. The maximum Gasteiger partial charge on any atom is 0.154 e. The molecular weight excluding hydrogens is 877 g/mol. The van der Waals surface area contributed by atoms with Crippen molar-refractivity contribution in [2.45, 2.75) is 52.4 Å². The lowest BCUT2D eigenvalue weighted by Gasteiger charge is -2.32. The number of nitrogens with zero attached hydrogens (tertiary/aromatic N) is 4. The van der Waals surface area contributed by atoms with E-state index in [1.54, 1.807) is 30.5 Å². The van der Waals surface area contributed by atoms with Gasteiger partial charge in [0.1, 0.15) is 5.82 Å². The Balaban J connectivity index is 1.09. The van der Waals surface area contributed by atoms with E-state index in [4.69, 9.17) is 23.7 Å². The molecule has 8 aromatic carbocycles. The molecule has 10 aromatic rings. The summed E-state index contributed by atoms with van der Waals surface area (Å²) >= 11 is 0. The molecule has 6 heteroatoms. The van der Waals surface area contributed by atoms with Gasteiger partial charge in [-0.15, -0.1) is 0 Å². The van der Waals surface area contributed by atoms with E-state index < -0.39 is 60.4 Å². The zero-order chi connectivity index (χ0) is 58.1. The van der Waals surface area contributed by atoms with Crippen molar-refractivity contribution in [1.82, 2.24) is 9.97 Å². The first kappa shape index (κ1) is 35.4. The Labute approximate surface area is 438 Å². The molecule has 11 rings (SSSR count). The topological polar surface area (TPSA) is 56.3 Å². The van der Waals surface area contributed by atoms with Gasteiger partial charge in [0.25, 0.3) is 0 Å². The van der Waals surface area contributed by atoms with Crippen LogP contribution in [0.3, 0.4) is 0 Å². The molecule has 0 unspecified atom stereocenters. The Kier molecular flexibility index (Phi) is 9.27. The molecule has 72 heavy (non-hydrogen) atoms. The second-order valence-electron chi connectivity index (χ2n) is 19.8. The Morgan fingerprint density at radius 3 is 1.72 bits per heavy atom. The number of aromatic nitrogens is 2. The van der Waals surface area contributed by atoms with Gasteiger partial charge in [0.05, 0.1) is 36.5 Å². The summed E-state index contributed by atoms with van der Waals surface area (Å²) in [6, 6.07) is 47.4. The van der Waals surface area contributed by atoms with Gasteiger partial charge in [-0.2, -0.15) is 0 Å². The van der Waals surface area contributed by atoms with E-state index >= 15 is 0 Å². The van der Waals surface area contributed by atoms with Crippen LogP contribution >= 0.6 is 0 Å². The first-order valence-electron chi connectivity index (χ1n) is 29.0. The number of benzene rings is 8. The highest BCUT2D eigenvalue weighted by Crippen LogP contribution is 2.53. The predicted octanol–water partition coefficient (Wildman–Crippen LogP) is 18.5. The number of hydrogen-bond donors (Lipinski definition) is 2. The minimum Gasteiger partial charge on any atom is -0.352 e. The van der Waals surface area contributed by atoms with E-state index in [9.17, 15) is 0 Å². The Bertz CT molecular complexity index is 4030. The number of hydrogen-bond acceptors (Lipinski definition) is 6. The SMILES string of the molecule is [2H]c1c([2H])c([2H])c(-c2cccc(-c3c([2H])c([2H])c([2H])c([2H])c3[2H])c2Nc2ncccc2Nc2cc(N(c3ccccc3)c3ccc4c(c3)N(c3cc(C(C)(C)C)ccn3)c3ccccc3-c3ccccc3-4)cc(C(C)(C)C)c2)c([2H])c1[2H]. The third-order valence-electron chi connectivity index (χ3n) is 13.0. The molecule has 2 N–H and O–H groups in total. The summed E-state index contributed by atoms with van der Waals surface area (Å²) in [6.45, 7) is 13.1. The molecule has 6 nitrogen and oxygen atoms in total. The molecule has 0 saturated carbocycles. The molecule has 0 atom stereocenters. The molecule has 0 amide bonds. The van der Waals surface area contributed by atoms with Gasteiger partial charge in [-0.25, -0.2) is 9.97 Å². The standard InChI is InChI=1S/C66H58N6/c1-65(2,3)47-37-39-67-62(42-47)72-60-34-19-18-30-57(60)55-28-16-17-29-56(55)58-36-35-51(44-61(58)72)71(50-26-14-9-15-27-50)52-41-48(66(4,5)6)40-49(43-52)69-59-33-21-38-68-64(59)70-63-53(45-22-10-7-11-23-45)31-20-32-54(63)46-24-12-8-13-25-46/h7-44,69H,1-6H3,(H,68,70)/i7D,8D,10D,11D,12D,13D,22D,23D,24D,25D. The zero-order valence-electron chi connectivity index (χ0n) is 51.0. The molecule has 0 radical (unpaired) electrons. The van der Waals surface area contributed by atoms with Gasteiger partial charge in [-0.3, -0.25) is 4.90 Å². The zero-order valence-corrected chi connectivity index (χ0v) is 41.0. The maximum atomic E-state index is 9.04. The van der Waals surface area contributed by atoms with Crippen molar-refractivity contribution in [2.75, 3.05) is 20.4 Å². The van der Waals surface area contributed by atoms with Gasteiger partial charge in [0.2, 0.25) is 0 Å². The van der Waals surface area contributed by atoms with Crippen LogP contribution in [0.1, 0.15) is 66.4 Å². The van der Waals surface area contributed by atoms with Crippen LogP contribution in [-0.4, -0.2) is 9.97 Å². The van der Waals surface area contributed by atoms with Gasteiger partial charge < -0.3 is 15.5 Å². The lowest BCUT2D eigenvalue weighted by Crippen LogP contribution is -2.17. The number of para-hydroxylation sites is 3. The number of pyridine rings is 2. The highest BCUT2D eigenvalue weighted by atomic mass is 15.2.